The summed E-state index contributed by atoms with van der Waals surface area (Å²) in [7, 11) is 0. The van der Waals surface area contributed by atoms with E-state index in [9.17, 15) is 9.59 Å². The minimum absolute atomic E-state index is 0.0125. The number of benzene rings is 2. The van der Waals surface area contributed by atoms with Crippen LogP contribution in [0.5, 0.6) is 0 Å². The van der Waals surface area contributed by atoms with E-state index in [2.05, 4.69) is 15.3 Å². The predicted octanol–water partition coefficient (Wildman–Crippen LogP) is 3.16. The fourth-order valence-corrected chi connectivity index (χ4v) is 3.13. The maximum absolute atomic E-state index is 12.6. The summed E-state index contributed by atoms with van der Waals surface area (Å²) in [5.41, 5.74) is 2.83. The van der Waals surface area contributed by atoms with Crippen molar-refractivity contribution in [3.63, 3.8) is 0 Å². The first-order valence-electron chi connectivity index (χ1n) is 8.43. The lowest BCUT2D eigenvalue weighted by Crippen LogP contribution is -2.37. The summed E-state index contributed by atoms with van der Waals surface area (Å²) >= 11 is 5.89. The maximum Gasteiger partial charge on any atom is 0.325 e. The number of anilines is 2. The highest BCUT2D eigenvalue weighted by Crippen LogP contribution is 2.22. The Morgan fingerprint density at radius 1 is 1.04 bits per heavy atom. The summed E-state index contributed by atoms with van der Waals surface area (Å²) in [5, 5.41) is 3.42. The first-order chi connectivity index (χ1) is 13.1. The number of carbonyl (C=O) groups excluding carboxylic acids is 2. The predicted molar refractivity (Wildman–Crippen MR) is 104 cm³/mol. The highest BCUT2D eigenvalue weighted by Gasteiger charge is 2.30. The van der Waals surface area contributed by atoms with Crippen molar-refractivity contribution in [2.24, 2.45) is 0 Å². The molecule has 1 saturated heterocycles. The lowest BCUT2D eigenvalue weighted by molar-refractivity contribution is -0.116. The maximum atomic E-state index is 12.6. The van der Waals surface area contributed by atoms with Crippen molar-refractivity contribution in [1.82, 2.24) is 14.9 Å². The van der Waals surface area contributed by atoms with Crippen LogP contribution in [0, 0.1) is 0 Å². The van der Waals surface area contributed by atoms with E-state index in [0.717, 1.165) is 11.2 Å². The molecule has 1 fully saturated rings. The summed E-state index contributed by atoms with van der Waals surface area (Å²) in [6.07, 6.45) is 3.22. The lowest BCUT2D eigenvalue weighted by Gasteiger charge is -2.18. The largest absolute Gasteiger partial charge is 0.325 e. The Hall–Kier alpha value is -3.19. The first-order valence-corrected chi connectivity index (χ1v) is 8.80. The quantitative estimate of drug-likeness (QED) is 0.753. The number of nitrogens with one attached hydrogen (secondary N) is 1. The van der Waals surface area contributed by atoms with Crippen LogP contribution in [0.25, 0.3) is 11.0 Å². The third-order valence-corrected chi connectivity index (χ3v) is 4.57. The van der Waals surface area contributed by atoms with Crippen LogP contribution in [-0.2, 0) is 4.79 Å². The molecular weight excluding hydrogens is 366 g/mol. The van der Waals surface area contributed by atoms with Gasteiger partial charge in [-0.1, -0.05) is 11.6 Å². The fraction of sp³-hybridized carbons (Fsp3) is 0.158. The third kappa shape index (κ3) is 3.68. The van der Waals surface area contributed by atoms with Crippen molar-refractivity contribution in [3.05, 3.63) is 59.9 Å². The van der Waals surface area contributed by atoms with E-state index in [-0.39, 0.29) is 18.5 Å². The second-order valence-electron chi connectivity index (χ2n) is 6.14. The third-order valence-electron chi connectivity index (χ3n) is 4.32. The van der Waals surface area contributed by atoms with E-state index in [1.807, 2.05) is 0 Å². The van der Waals surface area contributed by atoms with Gasteiger partial charge in [-0.15, -0.1) is 0 Å². The van der Waals surface area contributed by atoms with E-state index in [1.165, 1.54) is 4.90 Å². The van der Waals surface area contributed by atoms with Crippen molar-refractivity contribution < 1.29 is 9.59 Å². The molecule has 2 aromatic carbocycles. The zero-order valence-corrected chi connectivity index (χ0v) is 15.1. The summed E-state index contributed by atoms with van der Waals surface area (Å²) in [6.45, 7) is 0.999. The number of nitrogens with zero attached hydrogens (tertiary/aromatic N) is 4. The summed E-state index contributed by atoms with van der Waals surface area (Å²) < 4.78 is 0. The second-order valence-corrected chi connectivity index (χ2v) is 6.58. The fourth-order valence-electron chi connectivity index (χ4n) is 3.00. The zero-order chi connectivity index (χ0) is 18.8. The molecule has 0 atom stereocenters. The van der Waals surface area contributed by atoms with Gasteiger partial charge in [0.15, 0.2) is 0 Å². The topological polar surface area (TPSA) is 78.4 Å². The van der Waals surface area contributed by atoms with Crippen LogP contribution in [0.2, 0.25) is 5.02 Å². The van der Waals surface area contributed by atoms with Crippen LogP contribution in [-0.4, -0.2) is 46.4 Å². The number of aromatic nitrogens is 2. The molecule has 1 aliphatic heterocycles. The second kappa shape index (κ2) is 7.20. The van der Waals surface area contributed by atoms with Crippen molar-refractivity contribution in [2.45, 2.75) is 0 Å². The minimum atomic E-state index is -0.260. The van der Waals surface area contributed by atoms with Crippen LogP contribution < -0.4 is 10.2 Å². The highest BCUT2D eigenvalue weighted by molar-refractivity contribution is 6.30. The summed E-state index contributed by atoms with van der Waals surface area (Å²) in [5.74, 6) is -0.260. The van der Waals surface area contributed by atoms with Gasteiger partial charge in [0.1, 0.15) is 6.54 Å². The van der Waals surface area contributed by atoms with Gasteiger partial charge in [0, 0.05) is 41.9 Å². The van der Waals surface area contributed by atoms with Gasteiger partial charge in [-0.2, -0.15) is 0 Å². The number of hydrogen-bond acceptors (Lipinski definition) is 4. The van der Waals surface area contributed by atoms with Gasteiger partial charge in [-0.25, -0.2) is 4.79 Å². The van der Waals surface area contributed by atoms with Crippen molar-refractivity contribution in [1.29, 1.82) is 0 Å². The van der Waals surface area contributed by atoms with Crippen LogP contribution in [0.15, 0.2) is 54.9 Å². The van der Waals surface area contributed by atoms with Gasteiger partial charge in [-0.05, 0) is 42.5 Å². The van der Waals surface area contributed by atoms with E-state index in [1.54, 1.807) is 59.8 Å². The minimum Gasteiger partial charge on any atom is -0.324 e. The van der Waals surface area contributed by atoms with Crippen LogP contribution in [0.1, 0.15) is 0 Å². The summed E-state index contributed by atoms with van der Waals surface area (Å²) in [6, 6.07) is 12.2. The molecule has 0 spiro atoms. The monoisotopic (exact) mass is 381 g/mol. The van der Waals surface area contributed by atoms with Crippen LogP contribution >= 0.6 is 11.6 Å². The molecule has 0 saturated carbocycles. The van der Waals surface area contributed by atoms with E-state index in [0.29, 0.717) is 29.3 Å². The van der Waals surface area contributed by atoms with Gasteiger partial charge in [0.2, 0.25) is 5.91 Å². The Labute approximate surface area is 160 Å². The highest BCUT2D eigenvalue weighted by atomic mass is 35.5. The molecule has 0 aliphatic carbocycles. The average molecular weight is 382 g/mol. The number of carbonyl (C=O) groups is 2. The molecule has 1 aliphatic rings. The molecular formula is C19H16ClN5O2. The SMILES string of the molecule is O=C(CN1CCN(c2ccc(Cl)cc2)C1=O)Nc1ccc2nccnc2c1. The van der Waals surface area contributed by atoms with Crippen molar-refractivity contribution in [2.75, 3.05) is 29.9 Å². The molecule has 7 nitrogen and oxygen atoms in total. The van der Waals surface area contributed by atoms with E-state index >= 15 is 0 Å². The van der Waals surface area contributed by atoms with Crippen LogP contribution in [0.3, 0.4) is 0 Å². The number of urea groups is 1. The Morgan fingerprint density at radius 2 is 1.78 bits per heavy atom. The van der Waals surface area contributed by atoms with E-state index < -0.39 is 0 Å². The molecule has 27 heavy (non-hydrogen) atoms. The smallest absolute Gasteiger partial charge is 0.324 e. The molecule has 0 bridgehead atoms. The molecule has 4 rings (SSSR count). The van der Waals surface area contributed by atoms with Crippen LogP contribution in [0.4, 0.5) is 16.2 Å². The number of fused-ring (bicyclic) bond motifs is 1. The summed E-state index contributed by atoms with van der Waals surface area (Å²) in [4.78, 5) is 36.5. The van der Waals surface area contributed by atoms with Gasteiger partial charge >= 0.3 is 6.03 Å². The molecule has 1 N–H and O–H groups in total. The lowest BCUT2D eigenvalue weighted by atomic mass is 10.2. The number of rotatable bonds is 4. The Kier molecular flexibility index (Phi) is 4.60. The Bertz CT molecular complexity index is 1010. The number of halogens is 1. The van der Waals surface area contributed by atoms with E-state index in [4.69, 9.17) is 11.6 Å². The normalized spacial score (nSPS) is 14.0. The Morgan fingerprint density at radius 3 is 2.56 bits per heavy atom. The number of amides is 3. The standard InChI is InChI=1S/C19H16ClN5O2/c20-13-1-4-15(5-2-13)25-10-9-24(19(25)27)12-18(26)23-14-3-6-16-17(11-14)22-8-7-21-16/h1-8,11H,9-10,12H2,(H,23,26). The molecule has 2 heterocycles. The van der Waals surface area contributed by atoms with Gasteiger partial charge in [-0.3, -0.25) is 19.7 Å². The average Bonchev–Trinajstić information content (AvgIpc) is 3.02. The zero-order valence-electron chi connectivity index (χ0n) is 14.3. The molecule has 1 aromatic heterocycles. The molecule has 3 amide bonds. The Balaban J connectivity index is 1.40. The molecule has 3 aromatic rings. The molecule has 0 radical (unpaired) electrons. The molecule has 0 unspecified atom stereocenters. The molecule has 8 heteroatoms. The van der Waals surface area contributed by atoms with Gasteiger partial charge < -0.3 is 10.2 Å². The van der Waals surface area contributed by atoms with Gasteiger partial charge in [0.05, 0.1) is 11.0 Å². The first kappa shape index (κ1) is 17.2. The van der Waals surface area contributed by atoms with Crippen molar-refractivity contribution in [3.8, 4) is 0 Å². The molecule has 136 valence electrons. The van der Waals surface area contributed by atoms with Crippen molar-refractivity contribution >= 4 is 45.9 Å². The van der Waals surface area contributed by atoms with Gasteiger partial charge in [0.25, 0.3) is 0 Å². The number of hydrogen-bond donors (Lipinski definition) is 1.